The average molecular weight is 1030 g/mol. The first-order valence-electron chi connectivity index (χ1n) is 23.9. The molecule has 0 atom stereocenters. The maximum atomic E-state index is 15.9. The Morgan fingerprint density at radius 2 is 0.500 bits per heavy atom. The van der Waals surface area contributed by atoms with Crippen molar-refractivity contribution in [3.05, 3.63) is 228 Å². The largest absolute Gasteiger partial charge is 0.467 e. The van der Waals surface area contributed by atoms with E-state index in [1.165, 1.54) is 73.6 Å². The minimum Gasteiger partial charge on any atom is -0.467 e. The Morgan fingerprint density at radius 3 is 0.724 bits per heavy atom. The molecule has 15 heteroatoms. The van der Waals surface area contributed by atoms with Gasteiger partial charge >= 0.3 is 0 Å². The van der Waals surface area contributed by atoms with E-state index in [-0.39, 0.29) is 17.1 Å². The minimum absolute atomic E-state index is 0.0602. The van der Waals surface area contributed by atoms with Gasteiger partial charge in [-0.3, -0.25) is 0 Å². The normalized spacial score (nSPS) is 11.7. The number of nitrogens with zero attached hydrogens (tertiary/aromatic N) is 4. The monoisotopic (exact) mass is 1030 g/mol. The van der Waals surface area contributed by atoms with Crippen LogP contribution in [0.15, 0.2) is 176 Å². The lowest BCUT2D eigenvalue weighted by atomic mass is 9.89. The molecule has 76 heavy (non-hydrogen) atoms. The number of hydrogen-bond acceptors (Lipinski definition) is 8. The van der Waals surface area contributed by atoms with Crippen LogP contribution in [0, 0.1) is 75.3 Å². The third kappa shape index (κ3) is 8.02. The average Bonchev–Trinajstić information content (AvgIpc) is 4.19. The number of hydrogen-bond donors (Lipinski definition) is 0. The highest BCUT2D eigenvalue weighted by molar-refractivity contribution is 6.33. The van der Waals surface area contributed by atoms with E-state index in [1.54, 1.807) is 79.7 Å². The van der Waals surface area contributed by atoms with Crippen LogP contribution in [-0.4, -0.2) is 0 Å². The van der Waals surface area contributed by atoms with Crippen molar-refractivity contribution in [3.8, 4) is 0 Å². The zero-order valence-corrected chi connectivity index (χ0v) is 41.1. The van der Waals surface area contributed by atoms with Crippen molar-refractivity contribution >= 4 is 101 Å². The summed E-state index contributed by atoms with van der Waals surface area (Å²) in [5.74, 6) is -4.10. The van der Waals surface area contributed by atoms with E-state index >= 15 is 30.7 Å². The molecule has 0 aliphatic carbocycles. The van der Waals surface area contributed by atoms with Gasteiger partial charge in [0.1, 0.15) is 63.8 Å². The van der Waals surface area contributed by atoms with E-state index in [2.05, 4.69) is 0 Å². The Labute approximate surface area is 429 Å². The Hall–Kier alpha value is -9.37. The Bertz CT molecular complexity index is 3620. The molecule has 0 saturated carbocycles. The van der Waals surface area contributed by atoms with Crippen molar-refractivity contribution in [1.29, 1.82) is 0 Å². The third-order valence-corrected chi connectivity index (χ3v) is 13.7. The summed E-state index contributed by atoms with van der Waals surface area (Å²) in [6.45, 7) is 8.65. The maximum absolute atomic E-state index is 15.9. The lowest BCUT2D eigenvalue weighted by molar-refractivity contribution is 0.534. The quantitative estimate of drug-likeness (QED) is 0.0886. The maximum Gasteiger partial charge on any atom is 0.128 e. The molecule has 0 N–H and O–H groups in total. The van der Waals surface area contributed by atoms with Gasteiger partial charge in [0.2, 0.25) is 0 Å². The van der Waals surface area contributed by atoms with Gasteiger partial charge in [-0.1, -0.05) is 24.3 Å². The van der Waals surface area contributed by atoms with E-state index in [1.807, 2.05) is 41.3 Å². The first-order valence-corrected chi connectivity index (χ1v) is 23.9. The summed E-state index contributed by atoms with van der Waals surface area (Å²) in [6, 6.07) is 31.8. The van der Waals surface area contributed by atoms with Gasteiger partial charge in [0.25, 0.3) is 0 Å². The van der Waals surface area contributed by atoms with Gasteiger partial charge in [0.15, 0.2) is 0 Å². The van der Waals surface area contributed by atoms with Gasteiger partial charge < -0.3 is 37.3 Å². The van der Waals surface area contributed by atoms with Gasteiger partial charge in [0, 0.05) is 80.5 Å². The molecule has 0 radical (unpaired) electrons. The summed E-state index contributed by atoms with van der Waals surface area (Å²) < 4.78 is 133. The predicted molar refractivity (Wildman–Crippen MR) is 281 cm³/mol. The fourth-order valence-corrected chi connectivity index (χ4v) is 10.6. The molecule has 0 fully saturated rings. The van der Waals surface area contributed by atoms with Crippen LogP contribution in [0.1, 0.15) is 28.6 Å². The van der Waals surface area contributed by atoms with E-state index in [0.29, 0.717) is 112 Å². The molecule has 12 aromatic rings. The van der Waals surface area contributed by atoms with Gasteiger partial charge in [0.05, 0.1) is 87.6 Å². The zero-order chi connectivity index (χ0) is 52.8. The number of rotatable bonds is 12. The molecule has 4 heterocycles. The minimum atomic E-state index is -0.870. The molecule has 0 saturated heterocycles. The molecule has 378 valence electrons. The van der Waals surface area contributed by atoms with E-state index in [4.69, 9.17) is 17.7 Å². The topological polar surface area (TPSA) is 65.5 Å². The fourth-order valence-electron chi connectivity index (χ4n) is 10.6. The number of halogens is 7. The Morgan fingerprint density at radius 1 is 0.263 bits per heavy atom. The van der Waals surface area contributed by atoms with Crippen molar-refractivity contribution < 1.29 is 48.4 Å². The van der Waals surface area contributed by atoms with Gasteiger partial charge in [-0.05, 0) is 107 Å². The lowest BCUT2D eigenvalue weighted by Gasteiger charge is -2.34. The number of aryl methyl sites for hydroxylation is 5. The molecule has 0 amide bonds. The van der Waals surface area contributed by atoms with Gasteiger partial charge in [-0.25, -0.2) is 30.7 Å². The zero-order valence-electron chi connectivity index (χ0n) is 41.1. The first kappa shape index (κ1) is 47.6. The van der Waals surface area contributed by atoms with E-state index in [0.717, 1.165) is 18.2 Å². The highest BCUT2D eigenvalue weighted by Crippen LogP contribution is 2.56. The molecule has 0 spiro atoms. The molecular weight excluding hydrogens is 986 g/mol. The van der Waals surface area contributed by atoms with E-state index in [9.17, 15) is 0 Å². The molecule has 0 bridgehead atoms. The summed E-state index contributed by atoms with van der Waals surface area (Å²) >= 11 is 0. The summed E-state index contributed by atoms with van der Waals surface area (Å²) in [5.41, 5.74) is 4.44. The number of anilines is 12. The summed E-state index contributed by atoms with van der Waals surface area (Å²) in [4.78, 5) is 6.79. The number of benzene rings is 8. The highest BCUT2D eigenvalue weighted by atomic mass is 19.2. The molecule has 4 aromatic heterocycles. The van der Waals surface area contributed by atoms with Crippen LogP contribution in [0.3, 0.4) is 0 Å². The second-order valence-electron chi connectivity index (χ2n) is 18.6. The summed E-state index contributed by atoms with van der Waals surface area (Å²) in [6.07, 6.45) is 5.87. The number of furan rings is 4. The molecule has 8 aromatic carbocycles. The molecule has 12 rings (SSSR count). The van der Waals surface area contributed by atoms with Crippen LogP contribution < -0.4 is 19.6 Å². The molecule has 8 nitrogen and oxygen atoms in total. The highest BCUT2D eigenvalue weighted by Gasteiger charge is 2.32. The Kier molecular flexibility index (Phi) is 11.4. The van der Waals surface area contributed by atoms with Crippen LogP contribution >= 0.6 is 0 Å². The molecule has 0 unspecified atom stereocenters. The van der Waals surface area contributed by atoms with Crippen molar-refractivity contribution in [2.24, 2.45) is 0 Å². The molecule has 0 aliphatic heterocycles. The summed E-state index contributed by atoms with van der Waals surface area (Å²) in [7, 11) is 0. The first-order chi connectivity index (χ1) is 36.6. The SMILES string of the molecule is Cc1cc(F)cc(N(c2ccoc2C)c2cc(N(c3cc(F)cc(F)c3)c3ccoc3C)c3ccc4c(N(c5cc(F)cc(F)c5)c5ccoc5C)cc(N(c5cc(F)cc(F)c5)c5ccoc5C)c5ccc2c3c54)c1. The third-order valence-electron chi connectivity index (χ3n) is 13.7. The van der Waals surface area contributed by atoms with Gasteiger partial charge in [-0.15, -0.1) is 0 Å². The second-order valence-corrected chi connectivity index (χ2v) is 18.6. The van der Waals surface area contributed by atoms with Crippen molar-refractivity contribution in [2.45, 2.75) is 34.6 Å². The fraction of sp³-hybridized carbons (Fsp3) is 0.0820. The van der Waals surface area contributed by atoms with Crippen LogP contribution in [0.4, 0.5) is 99.0 Å². The predicted octanol–water partition coefficient (Wildman–Crippen LogP) is 19.4. The van der Waals surface area contributed by atoms with E-state index < -0.39 is 40.7 Å². The second kappa shape index (κ2) is 18.2. The molecular formula is C61H41F7N4O4. The lowest BCUT2D eigenvalue weighted by Crippen LogP contribution is -2.17. The molecule has 0 aliphatic rings. The van der Waals surface area contributed by atoms with Crippen molar-refractivity contribution in [1.82, 2.24) is 0 Å². The van der Waals surface area contributed by atoms with Crippen LogP contribution in [0.5, 0.6) is 0 Å². The smallest absolute Gasteiger partial charge is 0.128 e. The van der Waals surface area contributed by atoms with Crippen LogP contribution in [0.25, 0.3) is 32.3 Å². The van der Waals surface area contributed by atoms with Crippen LogP contribution in [0.2, 0.25) is 0 Å². The Balaban J connectivity index is 1.32. The summed E-state index contributed by atoms with van der Waals surface area (Å²) in [5, 5.41) is 3.17. The van der Waals surface area contributed by atoms with Crippen molar-refractivity contribution in [2.75, 3.05) is 19.6 Å². The van der Waals surface area contributed by atoms with Crippen LogP contribution in [-0.2, 0) is 0 Å². The van der Waals surface area contributed by atoms with Crippen molar-refractivity contribution in [3.63, 3.8) is 0 Å². The standard InChI is InChI=1S/C61H41F7N4O4/c1-32-18-37(62)23-44(19-32)69(52-10-14-73-33(52)2)56-30-57(70(53-11-15-74-34(53)3)45-24-38(63)20-39(64)25-45)49-8-9-51-59(72(55-13-17-76-36(55)5)47-28-42(67)22-43(68)29-47)31-58(50-7-6-48(56)60(49)61(50)51)71(54-12-16-75-35(54)4)46-26-40(65)21-41(66)27-46/h6-31H,1-5H3. The van der Waals surface area contributed by atoms with Gasteiger partial charge in [-0.2, -0.15) is 0 Å².